The van der Waals surface area contributed by atoms with E-state index in [2.05, 4.69) is 17.1 Å². The van der Waals surface area contributed by atoms with Crippen LogP contribution < -0.4 is 5.32 Å². The highest BCUT2D eigenvalue weighted by atomic mass is 16.6. The van der Waals surface area contributed by atoms with Gasteiger partial charge in [0.05, 0.1) is 6.10 Å². The third-order valence-electron chi connectivity index (χ3n) is 4.59. The summed E-state index contributed by atoms with van der Waals surface area (Å²) in [7, 11) is 0. The van der Waals surface area contributed by atoms with Crippen LogP contribution in [-0.2, 0) is 14.3 Å². The number of likely N-dealkylation sites (tertiary alicyclic amines) is 1. The molecule has 0 bridgehead atoms. The Bertz CT molecular complexity index is 395. The van der Waals surface area contributed by atoms with Crippen molar-refractivity contribution in [2.45, 2.75) is 90.8 Å². The van der Waals surface area contributed by atoms with Crippen LogP contribution in [0.15, 0.2) is 0 Å². The Morgan fingerprint density at radius 3 is 2.42 bits per heavy atom. The van der Waals surface area contributed by atoms with Gasteiger partial charge in [0, 0.05) is 19.5 Å². The molecular weight excluding hydrogens is 332 g/mol. The number of hydrogen-bond acceptors (Lipinski definition) is 5. The van der Waals surface area contributed by atoms with E-state index in [0.717, 1.165) is 38.9 Å². The second-order valence-electron chi connectivity index (χ2n) is 7.43. The summed E-state index contributed by atoms with van der Waals surface area (Å²) in [5.74, 6) is -0.225. The van der Waals surface area contributed by atoms with Crippen molar-refractivity contribution in [3.05, 3.63) is 0 Å². The molecule has 1 amide bonds. The second kappa shape index (κ2) is 13.8. The van der Waals surface area contributed by atoms with Gasteiger partial charge in [0.1, 0.15) is 6.10 Å². The summed E-state index contributed by atoms with van der Waals surface area (Å²) in [5, 5.41) is 2.84. The zero-order valence-electron chi connectivity index (χ0n) is 16.9. The summed E-state index contributed by atoms with van der Waals surface area (Å²) >= 11 is 0. The standard InChI is InChI=1S/C20H38N2O4/c1-4-5-6-7-10-18(11-12-19(23)25-17(2)3)26-20(24)21-13-16-22-14-8-9-15-22/h17-18H,4-16H2,1-3H3,(H,21,24)/t18-/m0/s1. The molecule has 1 rings (SSSR count). The van der Waals surface area contributed by atoms with E-state index in [1.165, 1.54) is 25.7 Å². The van der Waals surface area contributed by atoms with Gasteiger partial charge in [0.2, 0.25) is 0 Å². The van der Waals surface area contributed by atoms with Crippen molar-refractivity contribution in [1.29, 1.82) is 0 Å². The maximum atomic E-state index is 12.1. The van der Waals surface area contributed by atoms with Crippen LogP contribution in [0.25, 0.3) is 0 Å². The van der Waals surface area contributed by atoms with Gasteiger partial charge < -0.3 is 19.7 Å². The molecule has 0 aliphatic carbocycles. The normalized spacial score (nSPS) is 15.8. The third-order valence-corrected chi connectivity index (χ3v) is 4.59. The summed E-state index contributed by atoms with van der Waals surface area (Å²) in [6, 6.07) is 0. The summed E-state index contributed by atoms with van der Waals surface area (Å²) in [6.07, 6.45) is 7.90. The molecule has 0 spiro atoms. The van der Waals surface area contributed by atoms with Gasteiger partial charge >= 0.3 is 12.1 Å². The number of carbonyl (C=O) groups excluding carboxylic acids is 2. The van der Waals surface area contributed by atoms with Crippen LogP contribution in [0.5, 0.6) is 0 Å². The van der Waals surface area contributed by atoms with Gasteiger partial charge in [-0.25, -0.2) is 4.79 Å². The predicted octanol–water partition coefficient (Wildman–Crippen LogP) is 3.88. The summed E-state index contributed by atoms with van der Waals surface area (Å²) in [4.78, 5) is 26.2. The molecule has 152 valence electrons. The minimum atomic E-state index is -0.373. The van der Waals surface area contributed by atoms with Crippen molar-refractivity contribution in [3.63, 3.8) is 0 Å². The molecule has 1 atom stereocenters. The van der Waals surface area contributed by atoms with E-state index in [-0.39, 0.29) is 30.7 Å². The first-order valence-corrected chi connectivity index (χ1v) is 10.4. The van der Waals surface area contributed by atoms with Crippen LogP contribution in [0.3, 0.4) is 0 Å². The first-order chi connectivity index (χ1) is 12.5. The van der Waals surface area contributed by atoms with Crippen LogP contribution in [0.1, 0.15) is 78.6 Å². The minimum absolute atomic E-state index is 0.111. The molecular formula is C20H38N2O4. The molecule has 6 heteroatoms. The van der Waals surface area contributed by atoms with Gasteiger partial charge in [-0.05, 0) is 59.0 Å². The topological polar surface area (TPSA) is 67.9 Å². The Labute approximate surface area is 159 Å². The van der Waals surface area contributed by atoms with Gasteiger partial charge in [-0.15, -0.1) is 0 Å². The van der Waals surface area contributed by atoms with Crippen molar-refractivity contribution in [1.82, 2.24) is 10.2 Å². The molecule has 0 aromatic carbocycles. The van der Waals surface area contributed by atoms with E-state index in [1.54, 1.807) is 0 Å². The van der Waals surface area contributed by atoms with Crippen molar-refractivity contribution >= 4 is 12.1 Å². The smallest absolute Gasteiger partial charge is 0.407 e. The molecule has 1 aliphatic rings. The van der Waals surface area contributed by atoms with Gasteiger partial charge in [-0.3, -0.25) is 4.79 Å². The largest absolute Gasteiger partial charge is 0.463 e. The van der Waals surface area contributed by atoms with E-state index in [4.69, 9.17) is 9.47 Å². The Kier molecular flexibility index (Phi) is 12.1. The number of amides is 1. The molecule has 0 aromatic heterocycles. The Hall–Kier alpha value is -1.30. The average molecular weight is 371 g/mol. The lowest BCUT2D eigenvalue weighted by Gasteiger charge is -2.19. The van der Waals surface area contributed by atoms with Crippen molar-refractivity contribution in [3.8, 4) is 0 Å². The molecule has 1 aliphatic heterocycles. The van der Waals surface area contributed by atoms with Crippen LogP contribution >= 0.6 is 0 Å². The Balaban J connectivity index is 2.30. The van der Waals surface area contributed by atoms with E-state index in [9.17, 15) is 9.59 Å². The summed E-state index contributed by atoms with van der Waals surface area (Å²) in [6.45, 7) is 9.57. The maximum Gasteiger partial charge on any atom is 0.407 e. The summed E-state index contributed by atoms with van der Waals surface area (Å²) < 4.78 is 10.7. The van der Waals surface area contributed by atoms with E-state index >= 15 is 0 Å². The van der Waals surface area contributed by atoms with E-state index < -0.39 is 0 Å². The number of carbonyl (C=O) groups is 2. The van der Waals surface area contributed by atoms with E-state index in [0.29, 0.717) is 13.0 Å². The lowest BCUT2D eigenvalue weighted by atomic mass is 10.1. The van der Waals surface area contributed by atoms with Gasteiger partial charge in [0.25, 0.3) is 0 Å². The molecule has 26 heavy (non-hydrogen) atoms. The summed E-state index contributed by atoms with van der Waals surface area (Å²) in [5.41, 5.74) is 0. The number of alkyl carbamates (subject to hydrolysis) is 1. The minimum Gasteiger partial charge on any atom is -0.463 e. The quantitative estimate of drug-likeness (QED) is 0.394. The molecule has 0 saturated carbocycles. The molecule has 1 N–H and O–H groups in total. The van der Waals surface area contributed by atoms with Crippen molar-refractivity contribution < 1.29 is 19.1 Å². The zero-order chi connectivity index (χ0) is 19.2. The maximum absolute atomic E-state index is 12.1. The highest BCUT2D eigenvalue weighted by Crippen LogP contribution is 2.14. The predicted molar refractivity (Wildman–Crippen MR) is 103 cm³/mol. The highest BCUT2D eigenvalue weighted by Gasteiger charge is 2.18. The number of unbranched alkanes of at least 4 members (excludes halogenated alkanes) is 3. The molecule has 1 saturated heterocycles. The lowest BCUT2D eigenvalue weighted by Crippen LogP contribution is -2.35. The van der Waals surface area contributed by atoms with Crippen LogP contribution in [-0.4, -0.2) is 55.3 Å². The number of esters is 1. The fraction of sp³-hybridized carbons (Fsp3) is 0.900. The second-order valence-corrected chi connectivity index (χ2v) is 7.43. The fourth-order valence-electron chi connectivity index (χ4n) is 3.18. The molecule has 0 unspecified atom stereocenters. The molecule has 6 nitrogen and oxygen atoms in total. The third kappa shape index (κ3) is 11.3. The number of nitrogens with zero attached hydrogens (tertiary/aromatic N) is 1. The lowest BCUT2D eigenvalue weighted by molar-refractivity contribution is -0.148. The van der Waals surface area contributed by atoms with Crippen LogP contribution in [0.2, 0.25) is 0 Å². The highest BCUT2D eigenvalue weighted by molar-refractivity contribution is 5.70. The van der Waals surface area contributed by atoms with Crippen molar-refractivity contribution in [2.24, 2.45) is 0 Å². The van der Waals surface area contributed by atoms with Crippen LogP contribution in [0.4, 0.5) is 4.79 Å². The molecule has 0 aromatic rings. The van der Waals surface area contributed by atoms with Gasteiger partial charge in [-0.1, -0.05) is 26.2 Å². The first-order valence-electron chi connectivity index (χ1n) is 10.4. The monoisotopic (exact) mass is 370 g/mol. The molecule has 0 radical (unpaired) electrons. The van der Waals surface area contributed by atoms with Gasteiger partial charge in [0.15, 0.2) is 0 Å². The number of rotatable bonds is 13. The molecule has 1 fully saturated rings. The Morgan fingerprint density at radius 2 is 1.77 bits per heavy atom. The molecule has 1 heterocycles. The first kappa shape index (κ1) is 22.7. The zero-order valence-corrected chi connectivity index (χ0v) is 16.9. The fourth-order valence-corrected chi connectivity index (χ4v) is 3.18. The number of hydrogen-bond donors (Lipinski definition) is 1. The van der Waals surface area contributed by atoms with Crippen molar-refractivity contribution in [2.75, 3.05) is 26.2 Å². The SMILES string of the molecule is CCCCCC[C@@H](CCC(=O)OC(C)C)OC(=O)NCCN1CCCC1. The van der Waals surface area contributed by atoms with E-state index in [1.807, 2.05) is 13.8 Å². The average Bonchev–Trinajstić information content (AvgIpc) is 3.09. The van der Waals surface area contributed by atoms with Gasteiger partial charge in [-0.2, -0.15) is 0 Å². The number of nitrogens with one attached hydrogen (secondary N) is 1. The van der Waals surface area contributed by atoms with Crippen LogP contribution in [0, 0.1) is 0 Å². The Morgan fingerprint density at radius 1 is 1.04 bits per heavy atom. The number of ether oxygens (including phenoxy) is 2.